The first kappa shape index (κ1) is 19.1. The molecule has 4 nitrogen and oxygen atoms in total. The second kappa shape index (κ2) is 8.01. The summed E-state index contributed by atoms with van der Waals surface area (Å²) in [5, 5.41) is 0.524. The van der Waals surface area contributed by atoms with Gasteiger partial charge < -0.3 is 4.74 Å². The number of ether oxygens (including phenoxy) is 1. The molecule has 0 saturated heterocycles. The van der Waals surface area contributed by atoms with E-state index in [0.29, 0.717) is 22.1 Å². The van der Waals surface area contributed by atoms with E-state index in [9.17, 15) is 9.18 Å². The molecule has 0 aliphatic carbocycles. The highest BCUT2D eigenvalue weighted by molar-refractivity contribution is 7.22. The topological polar surface area (TPSA) is 42.4 Å². The highest BCUT2D eigenvalue weighted by Crippen LogP contribution is 2.39. The lowest BCUT2D eigenvalue weighted by Gasteiger charge is -2.23. The molecule has 0 spiro atoms. The fourth-order valence-corrected chi connectivity index (χ4v) is 4.16. The number of aryl methyl sites for hydroxylation is 1. The number of carbonyl (C=O) groups excluding carboxylic acids is 1. The van der Waals surface area contributed by atoms with Crippen LogP contribution in [0.15, 0.2) is 66.7 Å². The third kappa shape index (κ3) is 3.84. The quantitative estimate of drug-likeness (QED) is 0.429. The number of aromatic nitrogens is 1. The summed E-state index contributed by atoms with van der Waals surface area (Å²) in [6.07, 6.45) is -0.0836. The molecule has 0 N–H and O–H groups in total. The van der Waals surface area contributed by atoms with Crippen LogP contribution in [0.4, 0.5) is 15.2 Å². The number of nitrogens with zero attached hydrogens (tertiary/aromatic N) is 2. The number of hydrogen-bond acceptors (Lipinski definition) is 4. The molecule has 0 aliphatic heterocycles. The first-order chi connectivity index (χ1) is 14.1. The summed E-state index contributed by atoms with van der Waals surface area (Å²) in [5.41, 5.74) is 2.72. The maximum absolute atomic E-state index is 14.2. The molecule has 4 rings (SSSR count). The van der Waals surface area contributed by atoms with Crippen molar-refractivity contribution in [3.05, 3.63) is 83.7 Å². The molecule has 0 saturated carbocycles. The van der Waals surface area contributed by atoms with Gasteiger partial charge in [-0.25, -0.2) is 9.37 Å². The maximum Gasteiger partial charge on any atom is 0.238 e. The largest absolute Gasteiger partial charge is 0.495 e. The van der Waals surface area contributed by atoms with E-state index in [0.717, 1.165) is 15.8 Å². The number of methoxy groups -OCH3 is 1. The molecule has 1 amide bonds. The van der Waals surface area contributed by atoms with Gasteiger partial charge in [-0.05, 0) is 48.4 Å². The molecule has 0 fully saturated rings. The number of anilines is 2. The minimum atomic E-state index is -0.402. The number of hydrogen-bond donors (Lipinski definition) is 0. The fourth-order valence-electron chi connectivity index (χ4n) is 3.16. The smallest absolute Gasteiger partial charge is 0.238 e. The van der Waals surface area contributed by atoms with Crippen LogP contribution in [0, 0.1) is 12.7 Å². The predicted octanol–water partition coefficient (Wildman–Crippen LogP) is 5.66. The van der Waals surface area contributed by atoms with E-state index in [1.165, 1.54) is 22.3 Å². The highest BCUT2D eigenvalue weighted by atomic mass is 32.1. The maximum atomic E-state index is 14.2. The summed E-state index contributed by atoms with van der Waals surface area (Å²) in [5.74, 6) is -0.129. The number of amides is 1. The van der Waals surface area contributed by atoms with Gasteiger partial charge in [0.2, 0.25) is 5.91 Å². The average Bonchev–Trinajstić information content (AvgIpc) is 3.13. The van der Waals surface area contributed by atoms with Gasteiger partial charge in [-0.1, -0.05) is 47.7 Å². The second-order valence-electron chi connectivity index (χ2n) is 6.64. The SMILES string of the molecule is COc1ccc(C)cc1N(C(=O)Cc1ccccc1F)c1nc2ccccc2s1. The van der Waals surface area contributed by atoms with Gasteiger partial charge in [-0.3, -0.25) is 9.69 Å². The Hall–Kier alpha value is -3.25. The first-order valence-corrected chi connectivity index (χ1v) is 9.95. The fraction of sp³-hybridized carbons (Fsp3) is 0.130. The molecule has 6 heteroatoms. The minimum absolute atomic E-state index is 0.0836. The van der Waals surface area contributed by atoms with Crippen molar-refractivity contribution in [1.82, 2.24) is 4.98 Å². The number of benzene rings is 3. The van der Waals surface area contributed by atoms with E-state index in [1.54, 1.807) is 25.3 Å². The lowest BCUT2D eigenvalue weighted by Crippen LogP contribution is -2.28. The molecule has 0 atom stereocenters. The zero-order valence-corrected chi connectivity index (χ0v) is 16.9. The number of halogens is 1. The molecule has 3 aromatic carbocycles. The van der Waals surface area contributed by atoms with Gasteiger partial charge in [-0.15, -0.1) is 0 Å². The summed E-state index contributed by atoms with van der Waals surface area (Å²) in [7, 11) is 1.56. The summed E-state index contributed by atoms with van der Waals surface area (Å²) in [4.78, 5) is 19.6. The number of carbonyl (C=O) groups is 1. The summed E-state index contributed by atoms with van der Waals surface area (Å²) < 4.78 is 20.7. The van der Waals surface area contributed by atoms with Crippen LogP contribution in [0.1, 0.15) is 11.1 Å². The van der Waals surface area contributed by atoms with E-state index < -0.39 is 5.82 Å². The second-order valence-corrected chi connectivity index (χ2v) is 7.65. The van der Waals surface area contributed by atoms with Gasteiger partial charge in [0.15, 0.2) is 5.13 Å². The highest BCUT2D eigenvalue weighted by Gasteiger charge is 2.25. The summed E-state index contributed by atoms with van der Waals surface area (Å²) >= 11 is 1.41. The van der Waals surface area contributed by atoms with Crippen LogP contribution in [0.5, 0.6) is 5.75 Å². The Morgan fingerprint density at radius 3 is 2.62 bits per heavy atom. The Morgan fingerprint density at radius 1 is 1.10 bits per heavy atom. The Morgan fingerprint density at radius 2 is 1.86 bits per heavy atom. The van der Waals surface area contributed by atoms with Crippen LogP contribution in [0.3, 0.4) is 0 Å². The molecule has 0 bridgehead atoms. The van der Waals surface area contributed by atoms with Crippen molar-refractivity contribution in [3.8, 4) is 5.75 Å². The van der Waals surface area contributed by atoms with Gasteiger partial charge in [0.05, 0.1) is 29.4 Å². The van der Waals surface area contributed by atoms with Crippen LogP contribution in [0.2, 0.25) is 0 Å². The normalized spacial score (nSPS) is 10.9. The molecule has 0 aliphatic rings. The molecule has 4 aromatic rings. The van der Waals surface area contributed by atoms with Gasteiger partial charge in [0, 0.05) is 0 Å². The third-order valence-corrected chi connectivity index (χ3v) is 5.62. The number of thiazole rings is 1. The third-order valence-electron chi connectivity index (χ3n) is 4.60. The van der Waals surface area contributed by atoms with Gasteiger partial charge in [0.1, 0.15) is 11.6 Å². The van der Waals surface area contributed by atoms with E-state index in [4.69, 9.17) is 4.74 Å². The van der Waals surface area contributed by atoms with Crippen LogP contribution < -0.4 is 9.64 Å². The summed E-state index contributed by atoms with van der Waals surface area (Å²) in [6, 6.07) is 19.6. The van der Waals surface area contributed by atoms with E-state index in [-0.39, 0.29) is 12.3 Å². The minimum Gasteiger partial charge on any atom is -0.495 e. The van der Waals surface area contributed by atoms with Crippen molar-refractivity contribution < 1.29 is 13.9 Å². The zero-order valence-electron chi connectivity index (χ0n) is 16.1. The van der Waals surface area contributed by atoms with Crippen LogP contribution in [-0.2, 0) is 11.2 Å². The van der Waals surface area contributed by atoms with Crippen LogP contribution in [0.25, 0.3) is 10.2 Å². The van der Waals surface area contributed by atoms with Crippen molar-refractivity contribution in [1.29, 1.82) is 0 Å². The Balaban J connectivity index is 1.84. The molecule has 1 heterocycles. The number of fused-ring (bicyclic) bond motifs is 1. The van der Waals surface area contributed by atoms with E-state index in [1.807, 2.05) is 49.4 Å². The Bertz CT molecular complexity index is 1160. The molecule has 1 aromatic heterocycles. The van der Waals surface area contributed by atoms with Crippen LogP contribution in [-0.4, -0.2) is 18.0 Å². The van der Waals surface area contributed by atoms with Crippen LogP contribution >= 0.6 is 11.3 Å². The first-order valence-electron chi connectivity index (χ1n) is 9.13. The number of para-hydroxylation sites is 1. The van der Waals surface area contributed by atoms with E-state index >= 15 is 0 Å². The van der Waals surface area contributed by atoms with Crippen molar-refractivity contribution in [3.63, 3.8) is 0 Å². The lowest BCUT2D eigenvalue weighted by atomic mass is 10.1. The number of rotatable bonds is 5. The molecular formula is C23H19FN2O2S. The van der Waals surface area contributed by atoms with Crippen molar-refractivity contribution in [2.75, 3.05) is 12.0 Å². The Kier molecular flexibility index (Phi) is 5.27. The zero-order chi connectivity index (χ0) is 20.4. The van der Waals surface area contributed by atoms with Crippen molar-refractivity contribution in [2.24, 2.45) is 0 Å². The standard InChI is InChI=1S/C23H19FN2O2S/c1-15-11-12-20(28-2)19(13-15)26(22(27)14-16-7-3-4-8-17(16)24)23-25-18-9-5-6-10-21(18)29-23/h3-13H,14H2,1-2H3. The van der Waals surface area contributed by atoms with Crippen molar-refractivity contribution in [2.45, 2.75) is 13.3 Å². The molecule has 0 unspecified atom stereocenters. The molecular weight excluding hydrogens is 387 g/mol. The Labute approximate surface area is 172 Å². The monoisotopic (exact) mass is 406 g/mol. The van der Waals surface area contributed by atoms with Crippen molar-refractivity contribution >= 4 is 38.3 Å². The van der Waals surface area contributed by atoms with E-state index in [2.05, 4.69) is 4.98 Å². The molecule has 29 heavy (non-hydrogen) atoms. The lowest BCUT2D eigenvalue weighted by molar-refractivity contribution is -0.117. The molecule has 0 radical (unpaired) electrons. The van der Waals surface area contributed by atoms with Gasteiger partial charge in [-0.2, -0.15) is 0 Å². The van der Waals surface area contributed by atoms with Gasteiger partial charge in [0.25, 0.3) is 0 Å². The molecule has 146 valence electrons. The summed E-state index contributed by atoms with van der Waals surface area (Å²) in [6.45, 7) is 1.95. The van der Waals surface area contributed by atoms with Gasteiger partial charge >= 0.3 is 0 Å². The average molecular weight is 406 g/mol. The predicted molar refractivity (Wildman–Crippen MR) is 115 cm³/mol.